The van der Waals surface area contributed by atoms with Gasteiger partial charge in [-0.05, 0) is 24.1 Å². The zero-order valence-electron chi connectivity index (χ0n) is 8.95. The molecule has 0 aliphatic carbocycles. The molecule has 2 aromatic rings. The smallest absolute Gasteiger partial charge is 0.303 e. The number of carboxylic acids is 1. The molecule has 0 radical (unpaired) electrons. The van der Waals surface area contributed by atoms with E-state index in [1.807, 2.05) is 0 Å². The highest BCUT2D eigenvalue weighted by Crippen LogP contribution is 2.11. The average molecular weight is 233 g/mol. The van der Waals surface area contributed by atoms with Crippen molar-refractivity contribution in [3.63, 3.8) is 0 Å². The Bertz CT molecular complexity index is 519. The largest absolute Gasteiger partial charge is 0.506 e. The highest BCUT2D eigenvalue weighted by Gasteiger charge is 2.04. The molecule has 0 aliphatic heterocycles. The third kappa shape index (κ3) is 2.81. The van der Waals surface area contributed by atoms with E-state index in [1.54, 1.807) is 18.5 Å². The van der Waals surface area contributed by atoms with Crippen molar-refractivity contribution in [1.82, 2.24) is 14.8 Å². The highest BCUT2D eigenvalue weighted by molar-refractivity contribution is 5.67. The lowest BCUT2D eigenvalue weighted by Crippen LogP contribution is -1.98. The molecule has 0 aliphatic rings. The summed E-state index contributed by atoms with van der Waals surface area (Å²) in [6, 6.07) is 3.14. The van der Waals surface area contributed by atoms with Gasteiger partial charge >= 0.3 is 5.97 Å². The summed E-state index contributed by atoms with van der Waals surface area (Å²) in [5.74, 6) is -0.170. The van der Waals surface area contributed by atoms with Crippen molar-refractivity contribution in [2.45, 2.75) is 12.8 Å². The molecule has 0 atom stereocenters. The third-order valence-corrected chi connectivity index (χ3v) is 2.23. The van der Waals surface area contributed by atoms with Crippen LogP contribution in [0.2, 0.25) is 0 Å². The van der Waals surface area contributed by atoms with Gasteiger partial charge in [-0.15, -0.1) is 0 Å². The Morgan fingerprint density at radius 3 is 2.82 bits per heavy atom. The maximum Gasteiger partial charge on any atom is 0.303 e. The number of carboxylic acid groups (broad SMARTS) is 1. The molecular weight excluding hydrogens is 222 g/mol. The minimum atomic E-state index is -0.833. The van der Waals surface area contributed by atoms with Gasteiger partial charge in [0.15, 0.2) is 5.82 Å². The predicted molar refractivity (Wildman–Crippen MR) is 59.0 cm³/mol. The van der Waals surface area contributed by atoms with E-state index in [1.165, 1.54) is 16.9 Å². The fourth-order valence-electron chi connectivity index (χ4n) is 1.38. The van der Waals surface area contributed by atoms with Crippen LogP contribution in [-0.2, 0) is 11.2 Å². The van der Waals surface area contributed by atoms with Crippen LogP contribution in [0.3, 0.4) is 0 Å². The van der Waals surface area contributed by atoms with E-state index >= 15 is 0 Å². The second kappa shape index (κ2) is 4.65. The molecular formula is C11H11N3O3. The van der Waals surface area contributed by atoms with E-state index < -0.39 is 5.97 Å². The topological polar surface area (TPSA) is 88.2 Å². The number of aryl methyl sites for hydroxylation is 1. The molecule has 2 rings (SSSR count). The predicted octanol–water partition coefficient (Wildman–Crippen LogP) is 0.990. The number of carbonyl (C=O) groups is 1. The number of nitrogens with zero attached hydrogens (tertiary/aromatic N) is 3. The molecule has 0 spiro atoms. The van der Waals surface area contributed by atoms with Gasteiger partial charge in [0.1, 0.15) is 5.75 Å². The van der Waals surface area contributed by atoms with Crippen molar-refractivity contribution >= 4 is 5.97 Å². The summed E-state index contributed by atoms with van der Waals surface area (Å²) in [6.07, 6.45) is 5.18. The second-order valence-corrected chi connectivity index (χ2v) is 3.56. The number of hydrogen-bond donors (Lipinski definition) is 2. The first-order valence-corrected chi connectivity index (χ1v) is 5.06. The molecule has 88 valence electrons. The van der Waals surface area contributed by atoms with Crippen LogP contribution in [-0.4, -0.2) is 30.9 Å². The molecule has 0 fully saturated rings. The van der Waals surface area contributed by atoms with Crippen LogP contribution in [0, 0.1) is 0 Å². The standard InChI is InChI=1S/C11H11N3O3/c15-9-2-3-10(12-6-9)14-7-8(5-13-14)1-4-11(16)17/h2-3,5-7,15H,1,4H2,(H,16,17). The van der Waals surface area contributed by atoms with Crippen molar-refractivity contribution in [2.24, 2.45) is 0 Å². The van der Waals surface area contributed by atoms with Crippen molar-refractivity contribution < 1.29 is 15.0 Å². The van der Waals surface area contributed by atoms with Crippen LogP contribution in [0.15, 0.2) is 30.7 Å². The van der Waals surface area contributed by atoms with E-state index in [4.69, 9.17) is 10.2 Å². The summed E-state index contributed by atoms with van der Waals surface area (Å²) >= 11 is 0. The molecule has 0 aromatic carbocycles. The lowest BCUT2D eigenvalue weighted by Gasteiger charge is -1.99. The third-order valence-electron chi connectivity index (χ3n) is 2.23. The molecule has 2 N–H and O–H groups in total. The van der Waals surface area contributed by atoms with Crippen LogP contribution in [0.4, 0.5) is 0 Å². The molecule has 0 saturated carbocycles. The van der Waals surface area contributed by atoms with E-state index in [9.17, 15) is 4.79 Å². The lowest BCUT2D eigenvalue weighted by molar-refractivity contribution is -0.136. The van der Waals surface area contributed by atoms with Gasteiger partial charge in [-0.25, -0.2) is 9.67 Å². The van der Waals surface area contributed by atoms with Crippen molar-refractivity contribution in [3.8, 4) is 11.6 Å². The van der Waals surface area contributed by atoms with Crippen LogP contribution >= 0.6 is 0 Å². The van der Waals surface area contributed by atoms with Crippen LogP contribution in [0.5, 0.6) is 5.75 Å². The number of aliphatic carboxylic acids is 1. The SMILES string of the molecule is O=C(O)CCc1cnn(-c2ccc(O)cn2)c1. The molecule has 6 nitrogen and oxygen atoms in total. The van der Waals surface area contributed by atoms with Gasteiger partial charge in [0.05, 0.1) is 12.4 Å². The van der Waals surface area contributed by atoms with E-state index in [0.717, 1.165) is 5.56 Å². The first kappa shape index (κ1) is 11.1. The first-order valence-electron chi connectivity index (χ1n) is 5.06. The van der Waals surface area contributed by atoms with Gasteiger partial charge in [0.2, 0.25) is 0 Å². The van der Waals surface area contributed by atoms with E-state index in [2.05, 4.69) is 10.1 Å². The number of aromatic hydroxyl groups is 1. The Kier molecular flexibility index (Phi) is 3.04. The first-order chi connectivity index (χ1) is 8.15. The van der Waals surface area contributed by atoms with Gasteiger partial charge in [0.25, 0.3) is 0 Å². The molecule has 6 heteroatoms. The maximum atomic E-state index is 10.4. The van der Waals surface area contributed by atoms with Crippen LogP contribution < -0.4 is 0 Å². The molecule has 0 bridgehead atoms. The summed E-state index contributed by atoms with van der Waals surface area (Å²) in [7, 11) is 0. The number of rotatable bonds is 4. The van der Waals surface area contributed by atoms with Crippen molar-refractivity contribution in [2.75, 3.05) is 0 Å². The van der Waals surface area contributed by atoms with Gasteiger partial charge in [-0.2, -0.15) is 5.10 Å². The summed E-state index contributed by atoms with van der Waals surface area (Å²) in [4.78, 5) is 14.4. The Balaban J connectivity index is 2.12. The maximum absolute atomic E-state index is 10.4. The monoisotopic (exact) mass is 233 g/mol. The Morgan fingerprint density at radius 1 is 1.35 bits per heavy atom. The van der Waals surface area contributed by atoms with E-state index in [-0.39, 0.29) is 12.2 Å². The number of aromatic nitrogens is 3. The van der Waals surface area contributed by atoms with Crippen molar-refractivity contribution in [3.05, 3.63) is 36.3 Å². The van der Waals surface area contributed by atoms with Gasteiger partial charge in [-0.1, -0.05) is 0 Å². The minimum absolute atomic E-state index is 0.0781. The van der Waals surface area contributed by atoms with Gasteiger partial charge < -0.3 is 10.2 Å². The van der Waals surface area contributed by atoms with Crippen LogP contribution in [0.1, 0.15) is 12.0 Å². The number of pyridine rings is 1. The van der Waals surface area contributed by atoms with Gasteiger partial charge in [0, 0.05) is 12.6 Å². The summed E-state index contributed by atoms with van der Waals surface area (Å²) in [6.45, 7) is 0. The number of hydrogen-bond acceptors (Lipinski definition) is 4. The second-order valence-electron chi connectivity index (χ2n) is 3.56. The molecule has 2 heterocycles. The summed E-state index contributed by atoms with van der Waals surface area (Å²) < 4.78 is 1.54. The zero-order valence-corrected chi connectivity index (χ0v) is 8.95. The quantitative estimate of drug-likeness (QED) is 0.822. The average Bonchev–Trinajstić information content (AvgIpc) is 2.76. The highest BCUT2D eigenvalue weighted by atomic mass is 16.4. The van der Waals surface area contributed by atoms with Gasteiger partial charge in [-0.3, -0.25) is 4.79 Å². The Morgan fingerprint density at radius 2 is 2.18 bits per heavy atom. The molecule has 0 unspecified atom stereocenters. The minimum Gasteiger partial charge on any atom is -0.506 e. The molecule has 2 aromatic heterocycles. The molecule has 0 saturated heterocycles. The van der Waals surface area contributed by atoms with Crippen LogP contribution in [0.25, 0.3) is 5.82 Å². The Hall–Kier alpha value is -2.37. The summed E-state index contributed by atoms with van der Waals surface area (Å²) in [5, 5.41) is 21.7. The van der Waals surface area contributed by atoms with Crippen molar-refractivity contribution in [1.29, 1.82) is 0 Å². The normalized spacial score (nSPS) is 10.4. The fourth-order valence-corrected chi connectivity index (χ4v) is 1.38. The summed E-state index contributed by atoms with van der Waals surface area (Å²) in [5.41, 5.74) is 0.835. The fraction of sp³-hybridized carbons (Fsp3) is 0.182. The lowest BCUT2D eigenvalue weighted by atomic mass is 10.2. The molecule has 17 heavy (non-hydrogen) atoms. The van der Waals surface area contributed by atoms with E-state index in [0.29, 0.717) is 12.2 Å². The zero-order chi connectivity index (χ0) is 12.3. The Labute approximate surface area is 97.2 Å². The molecule has 0 amide bonds.